The highest BCUT2D eigenvalue weighted by atomic mass is 16.8. The van der Waals surface area contributed by atoms with Crippen molar-refractivity contribution < 1.29 is 38.4 Å². The van der Waals surface area contributed by atoms with Crippen LogP contribution in [-0.2, 0) is 23.7 Å². The molecule has 2 fully saturated rings. The van der Waals surface area contributed by atoms with Gasteiger partial charge in [-0.3, -0.25) is 0 Å². The summed E-state index contributed by atoms with van der Waals surface area (Å²) in [5.74, 6) is -3.41. The lowest BCUT2D eigenvalue weighted by molar-refractivity contribution is -0.412. The van der Waals surface area contributed by atoms with E-state index in [9.17, 15) is 14.7 Å². The molecule has 5 rings (SSSR count). The monoisotopic (exact) mass is 466 g/mol. The molecule has 8 heteroatoms. The number of benzene rings is 2. The number of hydrogen-bond donors (Lipinski definition) is 1. The maximum atomic E-state index is 12.8. The van der Waals surface area contributed by atoms with E-state index in [2.05, 4.69) is 0 Å². The first-order chi connectivity index (χ1) is 16.5. The minimum atomic E-state index is -2.09. The fourth-order valence-corrected chi connectivity index (χ4v) is 4.42. The van der Waals surface area contributed by atoms with Crippen LogP contribution in [0.3, 0.4) is 0 Å². The van der Waals surface area contributed by atoms with Crippen LogP contribution < -0.4 is 0 Å². The fraction of sp³-hybridized carbons (Fsp3) is 0.385. The Labute approximate surface area is 197 Å². The van der Waals surface area contributed by atoms with E-state index in [4.69, 9.17) is 23.7 Å². The van der Waals surface area contributed by atoms with Gasteiger partial charge in [0.1, 0.15) is 12.7 Å². The lowest BCUT2D eigenvalue weighted by Crippen LogP contribution is -2.63. The third kappa shape index (κ3) is 4.63. The summed E-state index contributed by atoms with van der Waals surface area (Å²) in [5, 5.41) is 11.4. The van der Waals surface area contributed by atoms with Crippen molar-refractivity contribution in [1.82, 2.24) is 0 Å². The van der Waals surface area contributed by atoms with Crippen LogP contribution in [0.4, 0.5) is 0 Å². The van der Waals surface area contributed by atoms with E-state index in [1.54, 1.807) is 60.7 Å². The van der Waals surface area contributed by atoms with Gasteiger partial charge in [-0.1, -0.05) is 49.2 Å². The van der Waals surface area contributed by atoms with Gasteiger partial charge in [-0.25, -0.2) is 9.59 Å². The van der Waals surface area contributed by atoms with E-state index in [0.29, 0.717) is 11.1 Å². The van der Waals surface area contributed by atoms with E-state index >= 15 is 0 Å². The van der Waals surface area contributed by atoms with Crippen LogP contribution in [0.2, 0.25) is 0 Å². The second-order valence-electron chi connectivity index (χ2n) is 8.57. The van der Waals surface area contributed by atoms with Crippen molar-refractivity contribution >= 4 is 11.9 Å². The van der Waals surface area contributed by atoms with E-state index in [-0.39, 0.29) is 24.6 Å². The van der Waals surface area contributed by atoms with Crippen LogP contribution in [0.25, 0.3) is 0 Å². The van der Waals surface area contributed by atoms with Gasteiger partial charge in [-0.05, 0) is 43.2 Å². The molecule has 1 N–H and O–H groups in total. The Bertz CT molecular complexity index is 1050. The molecule has 1 saturated carbocycles. The third-order valence-electron chi connectivity index (χ3n) is 6.18. The highest BCUT2D eigenvalue weighted by Gasteiger charge is 2.57. The Morgan fingerprint density at radius 1 is 0.882 bits per heavy atom. The quantitative estimate of drug-likeness (QED) is 0.670. The molecular formula is C26H26O8. The molecule has 0 unspecified atom stereocenters. The van der Waals surface area contributed by atoms with Crippen LogP contribution >= 0.6 is 0 Å². The average molecular weight is 466 g/mol. The summed E-state index contributed by atoms with van der Waals surface area (Å²) >= 11 is 0. The van der Waals surface area contributed by atoms with Crippen molar-refractivity contribution in [2.75, 3.05) is 6.61 Å². The lowest BCUT2D eigenvalue weighted by Gasteiger charge is -2.50. The van der Waals surface area contributed by atoms with Crippen molar-refractivity contribution in [2.24, 2.45) is 0 Å². The number of carbonyl (C=O) groups excluding carboxylic acids is 2. The second-order valence-corrected chi connectivity index (χ2v) is 8.57. The van der Waals surface area contributed by atoms with Gasteiger partial charge in [0.05, 0.1) is 23.3 Å². The van der Waals surface area contributed by atoms with Gasteiger partial charge < -0.3 is 28.8 Å². The maximum absolute atomic E-state index is 12.8. The molecule has 5 atom stereocenters. The Morgan fingerprint density at radius 3 is 2.18 bits per heavy atom. The zero-order valence-electron chi connectivity index (χ0n) is 18.5. The van der Waals surface area contributed by atoms with Gasteiger partial charge in [0, 0.05) is 0 Å². The number of fused-ring (bicyclic) bond motifs is 2. The first kappa shape index (κ1) is 22.7. The molecule has 8 nitrogen and oxygen atoms in total. The summed E-state index contributed by atoms with van der Waals surface area (Å²) in [6.45, 7) is -0.163. The van der Waals surface area contributed by atoms with Crippen LogP contribution in [-0.4, -0.2) is 54.0 Å². The van der Waals surface area contributed by atoms with E-state index in [1.165, 1.54) is 6.08 Å². The summed E-state index contributed by atoms with van der Waals surface area (Å²) in [5.41, 5.74) is 0.714. The summed E-state index contributed by atoms with van der Waals surface area (Å²) in [6, 6.07) is 17.0. The summed E-state index contributed by atoms with van der Waals surface area (Å²) in [7, 11) is 0. The second kappa shape index (κ2) is 9.68. The fourth-order valence-electron chi connectivity index (χ4n) is 4.42. The predicted octanol–water partition coefficient (Wildman–Crippen LogP) is 3.36. The van der Waals surface area contributed by atoms with Gasteiger partial charge in [-0.15, -0.1) is 0 Å². The van der Waals surface area contributed by atoms with E-state index in [0.717, 1.165) is 25.7 Å². The zero-order valence-corrected chi connectivity index (χ0v) is 18.5. The molecule has 34 heavy (non-hydrogen) atoms. The maximum Gasteiger partial charge on any atom is 0.343 e. The van der Waals surface area contributed by atoms with Crippen molar-refractivity contribution in [2.45, 2.75) is 56.1 Å². The lowest BCUT2D eigenvalue weighted by atomic mass is 9.92. The molecule has 2 aliphatic heterocycles. The number of aliphatic hydroxyl groups is 1. The first-order valence-corrected chi connectivity index (χ1v) is 11.5. The molecule has 2 heterocycles. The normalized spacial score (nSPS) is 30.3. The minimum absolute atomic E-state index is 0.137. The molecule has 2 aromatic rings. The molecule has 178 valence electrons. The van der Waals surface area contributed by atoms with Gasteiger partial charge in [-0.2, -0.15) is 0 Å². The van der Waals surface area contributed by atoms with Gasteiger partial charge >= 0.3 is 11.9 Å². The van der Waals surface area contributed by atoms with Crippen molar-refractivity contribution in [3.8, 4) is 0 Å². The SMILES string of the molecule is O=C(OC[C@@H]1C=C(OC(=O)c2ccccc2)[C@@]2(O)O[C@H]3CCCC[C@@H]3O[C@@H]2O1)c1ccccc1. The minimum Gasteiger partial charge on any atom is -0.459 e. The largest absolute Gasteiger partial charge is 0.459 e. The van der Waals surface area contributed by atoms with Crippen LogP contribution in [0, 0.1) is 0 Å². The van der Waals surface area contributed by atoms with Gasteiger partial charge in [0.25, 0.3) is 5.79 Å². The summed E-state index contributed by atoms with van der Waals surface area (Å²) in [6.07, 6.45) is 2.19. The van der Waals surface area contributed by atoms with Crippen LogP contribution in [0.1, 0.15) is 46.4 Å². The van der Waals surface area contributed by atoms with Crippen molar-refractivity contribution in [3.05, 3.63) is 83.6 Å². The number of hydrogen-bond acceptors (Lipinski definition) is 8. The number of carbonyl (C=O) groups is 2. The summed E-state index contributed by atoms with van der Waals surface area (Å²) < 4.78 is 29.0. The highest BCUT2D eigenvalue weighted by molar-refractivity contribution is 5.90. The standard InChI is InChI=1S/C26H26O8/c27-23(17-9-3-1-4-10-17)30-16-19-15-22(33-24(28)18-11-5-2-6-12-18)26(29)25(31-19)32-20-13-7-8-14-21(20)34-26/h1-6,9-12,15,19-21,25,29H,7-8,13-14,16H2/t19-,20-,21-,25-,26+/m0/s1. The molecule has 3 aliphatic rings. The molecule has 1 saturated heterocycles. The predicted molar refractivity (Wildman–Crippen MR) is 118 cm³/mol. The zero-order chi connectivity index (χ0) is 23.5. The van der Waals surface area contributed by atoms with Crippen molar-refractivity contribution in [1.29, 1.82) is 0 Å². The van der Waals surface area contributed by atoms with Crippen LogP contribution in [0.15, 0.2) is 72.5 Å². The smallest absolute Gasteiger partial charge is 0.343 e. The molecule has 0 aromatic heterocycles. The average Bonchev–Trinajstić information content (AvgIpc) is 2.87. The highest BCUT2D eigenvalue weighted by Crippen LogP contribution is 2.42. The molecule has 0 amide bonds. The molecular weight excluding hydrogens is 440 g/mol. The van der Waals surface area contributed by atoms with E-state index in [1.807, 2.05) is 0 Å². The molecule has 0 radical (unpaired) electrons. The Balaban J connectivity index is 1.37. The topological polar surface area (TPSA) is 101 Å². The van der Waals surface area contributed by atoms with Crippen LogP contribution in [0.5, 0.6) is 0 Å². The molecule has 0 bridgehead atoms. The number of ether oxygens (including phenoxy) is 5. The van der Waals surface area contributed by atoms with Gasteiger partial charge in [0.15, 0.2) is 5.76 Å². The van der Waals surface area contributed by atoms with Crippen molar-refractivity contribution in [3.63, 3.8) is 0 Å². The first-order valence-electron chi connectivity index (χ1n) is 11.5. The summed E-state index contributed by atoms with van der Waals surface area (Å²) in [4.78, 5) is 25.1. The number of esters is 2. The Kier molecular flexibility index (Phi) is 6.47. The van der Waals surface area contributed by atoms with Gasteiger partial charge in [0.2, 0.25) is 6.29 Å². The molecule has 1 aliphatic carbocycles. The Hall–Kier alpha value is -3.04. The third-order valence-corrected chi connectivity index (χ3v) is 6.18. The number of rotatable bonds is 5. The molecule has 0 spiro atoms. The Morgan fingerprint density at radius 2 is 1.50 bits per heavy atom. The van der Waals surface area contributed by atoms with E-state index < -0.39 is 30.1 Å². The molecule has 2 aromatic carbocycles.